The molecule has 0 spiro atoms. The van der Waals surface area contributed by atoms with Crippen LogP contribution in [-0.4, -0.2) is 36.3 Å². The minimum Gasteiger partial charge on any atom is -0.497 e. The quantitative estimate of drug-likeness (QED) is 0.175. The number of ether oxygens (including phenoxy) is 3. The summed E-state index contributed by atoms with van der Waals surface area (Å²) < 4.78 is 24.0. The SMILES string of the molecule is CCOC(=O)C1=C(C)N=c2sc(=Cc3ccc(-c4ccccc4[N+](=O)[O-])o3)c(=O)n2C1c1cc(OC)ccc1OC. The van der Waals surface area contributed by atoms with Crippen LogP contribution in [0.5, 0.6) is 11.5 Å². The second-order valence-corrected chi connectivity index (χ2v) is 9.90. The summed E-state index contributed by atoms with van der Waals surface area (Å²) in [5.41, 5.74) is 0.937. The van der Waals surface area contributed by atoms with Crippen molar-refractivity contribution in [3.8, 4) is 22.8 Å². The number of carbonyl (C=O) groups is 1. The Hall–Kier alpha value is -4.97. The molecule has 12 heteroatoms. The number of nitro groups is 1. The number of aromatic nitrogens is 1. The van der Waals surface area contributed by atoms with E-state index in [4.69, 9.17) is 18.6 Å². The normalized spacial score (nSPS) is 14.8. The lowest BCUT2D eigenvalue weighted by atomic mass is 9.95. The van der Waals surface area contributed by atoms with Crippen molar-refractivity contribution >= 4 is 29.1 Å². The molecule has 0 saturated heterocycles. The number of allylic oxidation sites excluding steroid dienone is 1. The van der Waals surface area contributed by atoms with Crippen LogP contribution in [0.3, 0.4) is 0 Å². The van der Waals surface area contributed by atoms with Gasteiger partial charge in [-0.05, 0) is 50.2 Å². The minimum absolute atomic E-state index is 0.0954. The molecule has 0 bridgehead atoms. The van der Waals surface area contributed by atoms with Gasteiger partial charge in [-0.2, -0.15) is 0 Å². The fraction of sp³-hybridized carbons (Fsp3) is 0.207. The molecule has 210 valence electrons. The fourth-order valence-corrected chi connectivity index (χ4v) is 5.71. The Balaban J connectivity index is 1.69. The molecule has 1 aliphatic rings. The second kappa shape index (κ2) is 11.3. The molecular formula is C29H25N3O8S. The highest BCUT2D eigenvalue weighted by Crippen LogP contribution is 2.38. The van der Waals surface area contributed by atoms with Crippen LogP contribution < -0.4 is 24.4 Å². The summed E-state index contributed by atoms with van der Waals surface area (Å²) in [5.74, 6) is 0.968. The maximum atomic E-state index is 13.9. The summed E-state index contributed by atoms with van der Waals surface area (Å²) in [7, 11) is 3.02. The van der Waals surface area contributed by atoms with Crippen molar-refractivity contribution in [1.82, 2.24) is 4.57 Å². The Bertz CT molecular complexity index is 1880. The van der Waals surface area contributed by atoms with Crippen LogP contribution in [0.25, 0.3) is 17.4 Å². The third-order valence-corrected chi connectivity index (χ3v) is 7.50. The molecule has 4 aromatic rings. The molecule has 1 unspecified atom stereocenters. The van der Waals surface area contributed by atoms with Gasteiger partial charge in [-0.15, -0.1) is 0 Å². The van der Waals surface area contributed by atoms with E-state index >= 15 is 0 Å². The van der Waals surface area contributed by atoms with Gasteiger partial charge >= 0.3 is 5.97 Å². The highest BCUT2D eigenvalue weighted by atomic mass is 32.1. The van der Waals surface area contributed by atoms with E-state index in [0.717, 1.165) is 11.3 Å². The number of carbonyl (C=O) groups excluding carboxylic acids is 1. The zero-order valence-corrected chi connectivity index (χ0v) is 23.4. The first-order valence-electron chi connectivity index (χ1n) is 12.5. The van der Waals surface area contributed by atoms with E-state index in [-0.39, 0.29) is 28.2 Å². The molecule has 0 N–H and O–H groups in total. The van der Waals surface area contributed by atoms with Gasteiger partial charge < -0.3 is 18.6 Å². The van der Waals surface area contributed by atoms with E-state index in [9.17, 15) is 19.7 Å². The number of hydrogen-bond acceptors (Lipinski definition) is 10. The van der Waals surface area contributed by atoms with Crippen LogP contribution in [0.15, 0.2) is 80.1 Å². The Labute approximate surface area is 237 Å². The maximum absolute atomic E-state index is 13.9. The first-order valence-corrected chi connectivity index (χ1v) is 13.3. The molecule has 2 aromatic heterocycles. The van der Waals surface area contributed by atoms with Crippen LogP contribution in [0.1, 0.15) is 31.2 Å². The predicted octanol–water partition coefficient (Wildman–Crippen LogP) is 3.98. The summed E-state index contributed by atoms with van der Waals surface area (Å²) in [6.07, 6.45) is 1.55. The fourth-order valence-electron chi connectivity index (χ4n) is 4.68. The number of thiazole rings is 1. The van der Waals surface area contributed by atoms with Crippen molar-refractivity contribution in [3.05, 3.63) is 107 Å². The molecule has 3 heterocycles. The lowest BCUT2D eigenvalue weighted by molar-refractivity contribution is -0.384. The number of hydrogen-bond donors (Lipinski definition) is 0. The molecule has 1 atom stereocenters. The molecule has 41 heavy (non-hydrogen) atoms. The highest BCUT2D eigenvalue weighted by Gasteiger charge is 2.35. The largest absolute Gasteiger partial charge is 0.497 e. The lowest BCUT2D eigenvalue weighted by Crippen LogP contribution is -2.40. The van der Waals surface area contributed by atoms with E-state index in [1.54, 1.807) is 68.5 Å². The Kier molecular flexibility index (Phi) is 7.58. The average molecular weight is 576 g/mol. The van der Waals surface area contributed by atoms with Gasteiger partial charge in [0.05, 0.1) is 47.1 Å². The summed E-state index contributed by atoms with van der Waals surface area (Å²) in [4.78, 5) is 43.0. The monoisotopic (exact) mass is 575 g/mol. The van der Waals surface area contributed by atoms with Gasteiger partial charge in [-0.3, -0.25) is 19.5 Å². The van der Waals surface area contributed by atoms with Gasteiger partial charge in [0.25, 0.3) is 11.2 Å². The number of benzene rings is 2. The third kappa shape index (κ3) is 5.05. The molecule has 2 aromatic carbocycles. The number of nitro benzene ring substituents is 1. The number of nitrogens with zero attached hydrogens (tertiary/aromatic N) is 3. The maximum Gasteiger partial charge on any atom is 0.338 e. The van der Waals surface area contributed by atoms with E-state index in [1.807, 2.05) is 0 Å². The van der Waals surface area contributed by atoms with E-state index < -0.39 is 22.5 Å². The van der Waals surface area contributed by atoms with Gasteiger partial charge in [0.15, 0.2) is 4.80 Å². The van der Waals surface area contributed by atoms with Gasteiger partial charge in [0.2, 0.25) is 0 Å². The lowest BCUT2D eigenvalue weighted by Gasteiger charge is -2.26. The Morgan fingerprint density at radius 2 is 1.95 bits per heavy atom. The molecule has 5 rings (SSSR count). The van der Waals surface area contributed by atoms with Crippen molar-refractivity contribution in [1.29, 1.82) is 0 Å². The van der Waals surface area contributed by atoms with Crippen molar-refractivity contribution in [2.24, 2.45) is 4.99 Å². The number of methoxy groups -OCH3 is 2. The standard InChI is InChI=1S/C29H25N3O8S/c1-5-39-28(34)25-16(2)30-29-31(26(25)20-14-17(37-3)10-12-22(20)38-4)27(33)24(41-29)15-18-11-13-23(40-18)19-8-6-7-9-21(19)32(35)36/h6-15,26H,5H2,1-4H3. The molecule has 0 radical (unpaired) electrons. The van der Waals surface area contributed by atoms with Crippen molar-refractivity contribution in [3.63, 3.8) is 0 Å². The minimum atomic E-state index is -0.906. The van der Waals surface area contributed by atoms with E-state index in [1.165, 1.54) is 24.9 Å². The van der Waals surface area contributed by atoms with Crippen molar-refractivity contribution < 1.29 is 28.3 Å². The second-order valence-electron chi connectivity index (χ2n) is 8.89. The number of para-hydroxylation sites is 1. The Morgan fingerprint density at radius 1 is 1.17 bits per heavy atom. The molecule has 0 amide bonds. The van der Waals surface area contributed by atoms with Crippen LogP contribution in [0, 0.1) is 10.1 Å². The van der Waals surface area contributed by atoms with Gasteiger partial charge in [-0.25, -0.2) is 9.79 Å². The summed E-state index contributed by atoms with van der Waals surface area (Å²) in [5, 5.41) is 11.5. The Morgan fingerprint density at radius 3 is 2.66 bits per heavy atom. The summed E-state index contributed by atoms with van der Waals surface area (Å²) in [6.45, 7) is 3.53. The highest BCUT2D eigenvalue weighted by molar-refractivity contribution is 7.07. The molecular weight excluding hydrogens is 550 g/mol. The topological polar surface area (TPSA) is 135 Å². The van der Waals surface area contributed by atoms with Gasteiger partial charge in [-0.1, -0.05) is 23.5 Å². The van der Waals surface area contributed by atoms with Crippen LogP contribution >= 0.6 is 11.3 Å². The number of rotatable bonds is 8. The molecule has 1 aliphatic heterocycles. The van der Waals surface area contributed by atoms with Crippen molar-refractivity contribution in [2.75, 3.05) is 20.8 Å². The zero-order chi connectivity index (χ0) is 29.3. The smallest absolute Gasteiger partial charge is 0.338 e. The number of esters is 1. The van der Waals surface area contributed by atoms with Gasteiger partial charge in [0, 0.05) is 17.7 Å². The van der Waals surface area contributed by atoms with E-state index in [2.05, 4.69) is 4.99 Å². The first kappa shape index (κ1) is 27.6. The van der Waals surface area contributed by atoms with Gasteiger partial charge in [0.1, 0.15) is 29.1 Å². The number of fused-ring (bicyclic) bond motifs is 1. The summed E-state index contributed by atoms with van der Waals surface area (Å²) in [6, 6.07) is 13.7. The number of furan rings is 1. The molecule has 0 saturated carbocycles. The zero-order valence-electron chi connectivity index (χ0n) is 22.6. The third-order valence-electron chi connectivity index (χ3n) is 6.51. The average Bonchev–Trinajstić information content (AvgIpc) is 3.56. The molecule has 11 nitrogen and oxygen atoms in total. The van der Waals surface area contributed by atoms with Crippen LogP contribution in [-0.2, 0) is 9.53 Å². The summed E-state index contributed by atoms with van der Waals surface area (Å²) >= 11 is 1.12. The molecule has 0 fully saturated rings. The van der Waals surface area contributed by atoms with Crippen LogP contribution in [0.4, 0.5) is 5.69 Å². The predicted molar refractivity (Wildman–Crippen MR) is 151 cm³/mol. The van der Waals surface area contributed by atoms with E-state index in [0.29, 0.717) is 38.9 Å². The van der Waals surface area contributed by atoms with Crippen LogP contribution in [0.2, 0.25) is 0 Å². The molecule has 0 aliphatic carbocycles. The van der Waals surface area contributed by atoms with Crippen molar-refractivity contribution in [2.45, 2.75) is 19.9 Å². The first-order chi connectivity index (χ1) is 19.8.